The van der Waals surface area contributed by atoms with Crippen molar-refractivity contribution in [1.29, 1.82) is 0 Å². The van der Waals surface area contributed by atoms with Crippen LogP contribution in [0.15, 0.2) is 0 Å². The van der Waals surface area contributed by atoms with Gasteiger partial charge in [-0.15, -0.1) is 4.13 Å². The molecule has 0 fully saturated rings. The molecule has 0 heterocycles. The Hall–Kier alpha value is -1.21. The Labute approximate surface area is 113 Å². The maximum Gasteiger partial charge on any atom is 0.512 e. The van der Waals surface area contributed by atoms with E-state index in [0.717, 1.165) is 13.8 Å². The van der Waals surface area contributed by atoms with Gasteiger partial charge in [-0.05, 0) is 0 Å². The third kappa shape index (κ3) is 5.42. The van der Waals surface area contributed by atoms with Crippen molar-refractivity contribution >= 4 is 31.9 Å². The number of hydrogen-bond acceptors (Lipinski definition) is 6. The summed E-state index contributed by atoms with van der Waals surface area (Å²) in [6.07, 6.45) is 0. The molecule has 20 heavy (non-hydrogen) atoms. The molecular formula is C7H11F3N2O6S2. The van der Waals surface area contributed by atoms with Gasteiger partial charge in [0.05, 0.1) is 5.75 Å². The van der Waals surface area contributed by atoms with Gasteiger partial charge in [-0.2, -0.15) is 13.2 Å². The van der Waals surface area contributed by atoms with Crippen molar-refractivity contribution in [2.75, 3.05) is 12.3 Å². The van der Waals surface area contributed by atoms with Gasteiger partial charge in [0, 0.05) is 20.4 Å². The first-order chi connectivity index (χ1) is 8.69. The smallest absolute Gasteiger partial charge is 0.282 e. The fraction of sp³-hybridized carbons (Fsp3) is 0.714. The van der Waals surface area contributed by atoms with E-state index in [1.54, 1.807) is 0 Å². The molecule has 1 N–H and O–H groups in total. The maximum atomic E-state index is 12.0. The van der Waals surface area contributed by atoms with Crippen molar-refractivity contribution in [3.8, 4) is 0 Å². The number of nitrogens with one attached hydrogen (secondary N) is 1. The number of rotatable bonds is 5. The lowest BCUT2D eigenvalue weighted by Crippen LogP contribution is -2.44. The van der Waals surface area contributed by atoms with E-state index in [1.807, 2.05) is 0 Å². The molecular weight excluding hydrogens is 329 g/mol. The normalized spacial score (nSPS) is 13.1. The predicted octanol–water partition coefficient (Wildman–Crippen LogP) is -0.850. The SMILES string of the molecule is CC(=O)N(CCS(=O)(=O)NS(=O)(=O)C(F)(F)F)C(C)=O. The van der Waals surface area contributed by atoms with Crippen LogP contribution in [0.4, 0.5) is 13.2 Å². The molecule has 0 atom stereocenters. The lowest BCUT2D eigenvalue weighted by atomic mass is 10.5. The summed E-state index contributed by atoms with van der Waals surface area (Å²) < 4.78 is 80.1. The van der Waals surface area contributed by atoms with Gasteiger partial charge in [0.25, 0.3) is 0 Å². The Balaban J connectivity index is 4.96. The largest absolute Gasteiger partial charge is 0.512 e. The van der Waals surface area contributed by atoms with Gasteiger partial charge in [-0.25, -0.2) is 16.8 Å². The molecule has 0 rings (SSSR count). The van der Waals surface area contributed by atoms with Crippen molar-refractivity contribution in [2.24, 2.45) is 0 Å². The van der Waals surface area contributed by atoms with Crippen molar-refractivity contribution in [1.82, 2.24) is 9.03 Å². The topological polar surface area (TPSA) is 118 Å². The Morgan fingerprint density at radius 2 is 1.45 bits per heavy atom. The van der Waals surface area contributed by atoms with E-state index in [0.29, 0.717) is 9.03 Å². The summed E-state index contributed by atoms with van der Waals surface area (Å²) in [7, 11) is -11.0. The van der Waals surface area contributed by atoms with Crippen LogP contribution in [0, 0.1) is 0 Å². The van der Waals surface area contributed by atoms with E-state index >= 15 is 0 Å². The summed E-state index contributed by atoms with van der Waals surface area (Å²) in [4.78, 5) is 22.3. The molecule has 0 saturated carbocycles. The number of nitrogens with zero attached hydrogens (tertiary/aromatic N) is 1. The first-order valence-corrected chi connectivity index (χ1v) is 7.94. The highest BCUT2D eigenvalue weighted by molar-refractivity contribution is 8.05. The second kappa shape index (κ2) is 6.05. The van der Waals surface area contributed by atoms with Gasteiger partial charge in [0.15, 0.2) is 0 Å². The molecule has 0 aliphatic carbocycles. The fourth-order valence-corrected chi connectivity index (χ4v) is 3.48. The Bertz CT molecular complexity index is 581. The van der Waals surface area contributed by atoms with Crippen molar-refractivity contribution < 1.29 is 39.6 Å². The standard InChI is InChI=1S/C7H11F3N2O6S2/c1-5(13)12(6(2)14)3-4-19(15,16)11-20(17,18)7(8,9)10/h11H,3-4H2,1-2H3. The van der Waals surface area contributed by atoms with Crippen LogP contribution in [0.25, 0.3) is 0 Å². The van der Waals surface area contributed by atoms with Gasteiger partial charge < -0.3 is 0 Å². The number of carbonyl (C=O) groups excluding carboxylic acids is 2. The number of hydrogen-bond donors (Lipinski definition) is 1. The average molecular weight is 340 g/mol. The monoisotopic (exact) mass is 340 g/mol. The van der Waals surface area contributed by atoms with Gasteiger partial charge in [-0.1, -0.05) is 0 Å². The second-order valence-electron chi connectivity index (χ2n) is 3.54. The number of sulfonamides is 2. The van der Waals surface area contributed by atoms with Crippen LogP contribution < -0.4 is 4.13 Å². The van der Waals surface area contributed by atoms with Crippen LogP contribution in [0.5, 0.6) is 0 Å². The minimum absolute atomic E-state index is 0.444. The van der Waals surface area contributed by atoms with Crippen LogP contribution in [-0.2, 0) is 29.6 Å². The quantitative estimate of drug-likeness (QED) is 0.696. The van der Waals surface area contributed by atoms with E-state index < -0.39 is 49.7 Å². The van der Waals surface area contributed by atoms with Gasteiger partial charge in [0.2, 0.25) is 21.8 Å². The molecule has 8 nitrogen and oxygen atoms in total. The van der Waals surface area contributed by atoms with Gasteiger partial charge >= 0.3 is 15.5 Å². The average Bonchev–Trinajstić information content (AvgIpc) is 2.11. The molecule has 0 aromatic rings. The molecule has 13 heteroatoms. The van der Waals surface area contributed by atoms with Crippen molar-refractivity contribution in [3.63, 3.8) is 0 Å². The molecule has 0 unspecified atom stereocenters. The summed E-state index contributed by atoms with van der Waals surface area (Å²) in [5.74, 6) is -2.83. The molecule has 0 aliphatic heterocycles. The zero-order valence-electron chi connectivity index (χ0n) is 10.3. The number of imide groups is 1. The minimum Gasteiger partial charge on any atom is -0.282 e. The van der Waals surface area contributed by atoms with E-state index in [9.17, 15) is 39.6 Å². The maximum absolute atomic E-state index is 12.0. The molecule has 0 aromatic heterocycles. The third-order valence-electron chi connectivity index (χ3n) is 1.89. The zero-order valence-corrected chi connectivity index (χ0v) is 11.9. The van der Waals surface area contributed by atoms with Gasteiger partial charge in [-0.3, -0.25) is 14.5 Å². The second-order valence-corrected chi connectivity index (χ2v) is 7.32. The zero-order chi connectivity index (χ0) is 16.4. The van der Waals surface area contributed by atoms with Crippen LogP contribution in [0.3, 0.4) is 0 Å². The highest BCUT2D eigenvalue weighted by Crippen LogP contribution is 2.22. The van der Waals surface area contributed by atoms with Crippen molar-refractivity contribution in [3.05, 3.63) is 0 Å². The molecule has 0 aliphatic rings. The Kier molecular flexibility index (Phi) is 5.68. The number of alkyl halides is 3. The third-order valence-corrected chi connectivity index (χ3v) is 5.11. The molecule has 0 spiro atoms. The first-order valence-electron chi connectivity index (χ1n) is 4.81. The van der Waals surface area contributed by atoms with Gasteiger partial charge in [0.1, 0.15) is 0 Å². The number of halogens is 3. The highest BCUT2D eigenvalue weighted by atomic mass is 32.3. The Morgan fingerprint density at radius 3 is 1.75 bits per heavy atom. The first kappa shape index (κ1) is 18.8. The molecule has 0 radical (unpaired) electrons. The van der Waals surface area contributed by atoms with Crippen LogP contribution in [0.1, 0.15) is 13.8 Å². The van der Waals surface area contributed by atoms with Crippen LogP contribution in [-0.4, -0.2) is 51.4 Å². The van der Waals surface area contributed by atoms with E-state index in [-0.39, 0.29) is 0 Å². The van der Waals surface area contributed by atoms with E-state index in [1.165, 1.54) is 0 Å². The van der Waals surface area contributed by atoms with Crippen LogP contribution in [0.2, 0.25) is 0 Å². The molecule has 0 bridgehead atoms. The number of carbonyl (C=O) groups is 2. The summed E-state index contributed by atoms with van der Waals surface area (Å²) in [5.41, 5.74) is -5.79. The summed E-state index contributed by atoms with van der Waals surface area (Å²) >= 11 is 0. The van der Waals surface area contributed by atoms with Crippen LogP contribution >= 0.6 is 0 Å². The summed E-state index contributed by atoms with van der Waals surface area (Å²) in [6.45, 7) is 1.11. The lowest BCUT2D eigenvalue weighted by molar-refractivity contribution is -0.141. The molecule has 118 valence electrons. The predicted molar refractivity (Wildman–Crippen MR) is 60.0 cm³/mol. The minimum atomic E-state index is -6.07. The lowest BCUT2D eigenvalue weighted by Gasteiger charge is -2.17. The molecule has 2 amide bonds. The van der Waals surface area contributed by atoms with E-state index in [4.69, 9.17) is 0 Å². The number of amides is 2. The highest BCUT2D eigenvalue weighted by Gasteiger charge is 2.48. The van der Waals surface area contributed by atoms with Crippen molar-refractivity contribution in [2.45, 2.75) is 19.4 Å². The molecule has 0 aromatic carbocycles. The molecule has 0 saturated heterocycles. The van der Waals surface area contributed by atoms with E-state index in [2.05, 4.69) is 0 Å². The Morgan fingerprint density at radius 1 is 1.05 bits per heavy atom. The summed E-state index contributed by atoms with van der Waals surface area (Å²) in [5, 5.41) is 0. The summed E-state index contributed by atoms with van der Waals surface area (Å²) in [6, 6.07) is 0. The fourth-order valence-electron chi connectivity index (χ4n) is 1.00.